The highest BCUT2D eigenvalue weighted by molar-refractivity contribution is 6.31. The summed E-state index contributed by atoms with van der Waals surface area (Å²) in [5.74, 6) is 0.265. The lowest BCUT2D eigenvalue weighted by Crippen LogP contribution is -2.37. The van der Waals surface area contributed by atoms with E-state index in [2.05, 4.69) is 0 Å². The van der Waals surface area contributed by atoms with Crippen LogP contribution >= 0.6 is 11.6 Å². The molecule has 1 aliphatic rings. The van der Waals surface area contributed by atoms with Gasteiger partial charge in [0.2, 0.25) is 5.91 Å². The minimum Gasteiger partial charge on any atom is -0.497 e. The molecule has 0 bridgehead atoms. The monoisotopic (exact) mass is 330 g/mol. The second kappa shape index (κ2) is 5.93. The van der Waals surface area contributed by atoms with Crippen molar-refractivity contribution in [1.82, 2.24) is 0 Å². The highest BCUT2D eigenvalue weighted by Crippen LogP contribution is 2.30. The van der Waals surface area contributed by atoms with Crippen LogP contribution in [0, 0.1) is 0 Å². The molecule has 0 radical (unpaired) electrons. The van der Waals surface area contributed by atoms with E-state index < -0.39 is 0 Å². The Hall–Kier alpha value is -2.53. The molecule has 3 rings (SSSR count). The third kappa shape index (κ3) is 2.75. The fourth-order valence-corrected chi connectivity index (χ4v) is 2.69. The van der Waals surface area contributed by atoms with Crippen molar-refractivity contribution in [3.63, 3.8) is 0 Å². The maximum atomic E-state index is 12.9. The van der Waals surface area contributed by atoms with E-state index in [4.69, 9.17) is 16.3 Å². The number of ether oxygens (including phenoxy) is 1. The van der Waals surface area contributed by atoms with Gasteiger partial charge >= 0.3 is 0 Å². The maximum Gasteiger partial charge on any atom is 0.260 e. The van der Waals surface area contributed by atoms with E-state index >= 15 is 0 Å². The third-order valence-corrected chi connectivity index (χ3v) is 4.08. The Labute approximate surface area is 139 Å². The van der Waals surface area contributed by atoms with Gasteiger partial charge in [0, 0.05) is 17.8 Å². The predicted octanol–water partition coefficient (Wildman–Crippen LogP) is 2.97. The number of halogens is 1. The highest BCUT2D eigenvalue weighted by Gasteiger charge is 2.30. The summed E-state index contributed by atoms with van der Waals surface area (Å²) < 4.78 is 5.12. The second-order valence-electron chi connectivity index (χ2n) is 5.20. The topological polar surface area (TPSA) is 49.9 Å². The molecule has 2 aromatic rings. The van der Waals surface area contributed by atoms with Crippen molar-refractivity contribution < 1.29 is 14.3 Å². The molecular weight excluding hydrogens is 316 g/mol. The van der Waals surface area contributed by atoms with Crippen LogP contribution in [0.1, 0.15) is 10.4 Å². The van der Waals surface area contributed by atoms with E-state index in [0.717, 1.165) is 0 Å². The van der Waals surface area contributed by atoms with Gasteiger partial charge < -0.3 is 9.64 Å². The van der Waals surface area contributed by atoms with Crippen molar-refractivity contribution in [2.24, 2.45) is 0 Å². The van der Waals surface area contributed by atoms with Crippen LogP contribution < -0.4 is 14.5 Å². The van der Waals surface area contributed by atoms with Crippen molar-refractivity contribution in [3.05, 3.63) is 53.1 Å². The fraction of sp³-hybridized carbons (Fsp3) is 0.176. The van der Waals surface area contributed by atoms with E-state index in [1.165, 1.54) is 9.80 Å². The van der Waals surface area contributed by atoms with Crippen LogP contribution in [0.15, 0.2) is 42.5 Å². The summed E-state index contributed by atoms with van der Waals surface area (Å²) in [5, 5.41) is 0.481. The summed E-state index contributed by atoms with van der Waals surface area (Å²) in [6, 6.07) is 11.9. The summed E-state index contributed by atoms with van der Waals surface area (Å²) in [6.07, 6.45) is 0. The number of carbonyl (C=O) groups is 2. The number of fused-ring (bicyclic) bond motifs is 1. The Morgan fingerprint density at radius 3 is 2.43 bits per heavy atom. The van der Waals surface area contributed by atoms with Gasteiger partial charge in [0.1, 0.15) is 12.3 Å². The van der Waals surface area contributed by atoms with Crippen molar-refractivity contribution in [2.45, 2.75) is 0 Å². The molecule has 1 heterocycles. The zero-order valence-electron chi connectivity index (χ0n) is 12.7. The zero-order chi connectivity index (χ0) is 16.6. The Balaban J connectivity index is 2.07. The van der Waals surface area contributed by atoms with Gasteiger partial charge in [-0.3, -0.25) is 14.5 Å². The Kier molecular flexibility index (Phi) is 3.96. The standard InChI is InChI=1S/C17H15ClN2O3/c1-19-15-9-11(18)3-8-14(15)17(22)20(10-16(19)21)12-4-6-13(23-2)7-5-12/h3-9H,10H2,1-2H3. The Morgan fingerprint density at radius 1 is 1.09 bits per heavy atom. The average molecular weight is 331 g/mol. The normalized spacial score (nSPS) is 14.6. The summed E-state index contributed by atoms with van der Waals surface area (Å²) in [4.78, 5) is 28.2. The lowest BCUT2D eigenvalue weighted by Gasteiger charge is -2.20. The number of hydrogen-bond acceptors (Lipinski definition) is 3. The van der Waals surface area contributed by atoms with Gasteiger partial charge in [-0.05, 0) is 42.5 Å². The molecule has 118 valence electrons. The molecule has 2 amide bonds. The Bertz CT molecular complexity index is 774. The number of methoxy groups -OCH3 is 1. The summed E-state index contributed by atoms with van der Waals surface area (Å²) in [5.41, 5.74) is 1.60. The van der Waals surface area contributed by atoms with E-state index in [-0.39, 0.29) is 18.4 Å². The van der Waals surface area contributed by atoms with E-state index in [9.17, 15) is 9.59 Å². The molecule has 0 fully saturated rings. The number of hydrogen-bond donors (Lipinski definition) is 0. The molecule has 0 unspecified atom stereocenters. The van der Waals surface area contributed by atoms with Crippen LogP contribution in [0.3, 0.4) is 0 Å². The smallest absolute Gasteiger partial charge is 0.260 e. The van der Waals surface area contributed by atoms with Gasteiger partial charge in [0.15, 0.2) is 0 Å². The maximum absolute atomic E-state index is 12.9. The first-order valence-corrected chi connectivity index (χ1v) is 7.41. The van der Waals surface area contributed by atoms with E-state index in [0.29, 0.717) is 27.7 Å². The van der Waals surface area contributed by atoms with Gasteiger partial charge in [0.25, 0.3) is 5.91 Å². The number of carbonyl (C=O) groups excluding carboxylic acids is 2. The number of amides is 2. The number of anilines is 2. The van der Waals surface area contributed by atoms with Crippen molar-refractivity contribution >= 4 is 34.8 Å². The number of benzene rings is 2. The van der Waals surface area contributed by atoms with Crippen LogP contribution in [0.2, 0.25) is 5.02 Å². The van der Waals surface area contributed by atoms with E-state index in [1.54, 1.807) is 56.6 Å². The average Bonchev–Trinajstić information content (AvgIpc) is 2.66. The summed E-state index contributed by atoms with van der Waals surface area (Å²) >= 11 is 6.00. The molecular formula is C17H15ClN2O3. The van der Waals surface area contributed by atoms with Gasteiger partial charge in [-0.25, -0.2) is 0 Å². The molecule has 0 N–H and O–H groups in total. The van der Waals surface area contributed by atoms with Gasteiger partial charge in [-0.1, -0.05) is 11.6 Å². The molecule has 0 spiro atoms. The third-order valence-electron chi connectivity index (χ3n) is 3.85. The number of likely N-dealkylation sites (N-methyl/N-ethyl adjacent to an activating group) is 1. The fourth-order valence-electron chi connectivity index (χ4n) is 2.53. The van der Waals surface area contributed by atoms with Crippen LogP contribution in [-0.4, -0.2) is 32.5 Å². The predicted molar refractivity (Wildman–Crippen MR) is 89.5 cm³/mol. The first-order valence-electron chi connectivity index (χ1n) is 7.03. The first kappa shape index (κ1) is 15.4. The van der Waals surface area contributed by atoms with Gasteiger partial charge in [0.05, 0.1) is 18.4 Å². The minimum absolute atomic E-state index is 0.0338. The molecule has 0 saturated carbocycles. The van der Waals surface area contributed by atoms with Crippen LogP contribution in [0.5, 0.6) is 5.75 Å². The van der Waals surface area contributed by atoms with E-state index in [1.807, 2.05) is 0 Å². The molecule has 23 heavy (non-hydrogen) atoms. The first-order chi connectivity index (χ1) is 11.0. The molecule has 1 aliphatic heterocycles. The molecule has 0 saturated heterocycles. The van der Waals surface area contributed by atoms with Gasteiger partial charge in [-0.2, -0.15) is 0 Å². The Morgan fingerprint density at radius 2 is 1.78 bits per heavy atom. The van der Waals surface area contributed by atoms with Crippen LogP contribution in [0.4, 0.5) is 11.4 Å². The van der Waals surface area contributed by atoms with Crippen LogP contribution in [0.25, 0.3) is 0 Å². The molecule has 2 aromatic carbocycles. The largest absolute Gasteiger partial charge is 0.497 e. The molecule has 6 heteroatoms. The van der Waals surface area contributed by atoms with Crippen molar-refractivity contribution in [2.75, 3.05) is 30.5 Å². The minimum atomic E-state index is -0.237. The highest BCUT2D eigenvalue weighted by atomic mass is 35.5. The zero-order valence-corrected chi connectivity index (χ0v) is 13.5. The molecule has 0 atom stereocenters. The summed E-state index contributed by atoms with van der Waals surface area (Å²) in [6.45, 7) is -0.0338. The SMILES string of the molecule is COc1ccc(N2CC(=O)N(C)c3cc(Cl)ccc3C2=O)cc1. The lowest BCUT2D eigenvalue weighted by atomic mass is 10.1. The van der Waals surface area contributed by atoms with Gasteiger partial charge in [-0.15, -0.1) is 0 Å². The van der Waals surface area contributed by atoms with Crippen molar-refractivity contribution in [1.29, 1.82) is 0 Å². The molecule has 5 nitrogen and oxygen atoms in total. The number of rotatable bonds is 2. The number of nitrogens with zero attached hydrogens (tertiary/aromatic N) is 2. The second-order valence-corrected chi connectivity index (χ2v) is 5.64. The van der Waals surface area contributed by atoms with Crippen LogP contribution in [-0.2, 0) is 4.79 Å². The van der Waals surface area contributed by atoms with Crippen molar-refractivity contribution in [3.8, 4) is 5.75 Å². The molecule has 0 aromatic heterocycles. The quantitative estimate of drug-likeness (QED) is 0.850. The lowest BCUT2D eigenvalue weighted by molar-refractivity contribution is -0.116. The summed E-state index contributed by atoms with van der Waals surface area (Å²) in [7, 11) is 3.22. The molecule has 0 aliphatic carbocycles.